The second kappa shape index (κ2) is 5.75. The van der Waals surface area contributed by atoms with Crippen molar-refractivity contribution in [3.63, 3.8) is 0 Å². The minimum atomic E-state index is -0.177. The zero-order chi connectivity index (χ0) is 13.9. The number of aromatic nitrogens is 2. The molecular weight excluding hydrogens is 253 g/mol. The molecule has 0 bridgehead atoms. The average Bonchev–Trinajstić information content (AvgIpc) is 3.18. The monoisotopic (exact) mass is 273 g/mol. The molecular formula is C16H20FN3. The summed E-state index contributed by atoms with van der Waals surface area (Å²) in [4.78, 5) is 0. The van der Waals surface area contributed by atoms with Gasteiger partial charge in [0.1, 0.15) is 5.82 Å². The molecule has 106 valence electrons. The molecule has 3 rings (SSSR count). The minimum absolute atomic E-state index is 0.177. The number of hydrogen-bond acceptors (Lipinski definition) is 2. The third kappa shape index (κ3) is 3.45. The Morgan fingerprint density at radius 1 is 1.35 bits per heavy atom. The van der Waals surface area contributed by atoms with Gasteiger partial charge in [0.05, 0.1) is 6.20 Å². The molecule has 1 fully saturated rings. The summed E-state index contributed by atoms with van der Waals surface area (Å²) in [5.41, 5.74) is 2.41. The van der Waals surface area contributed by atoms with Crippen molar-refractivity contribution in [2.75, 3.05) is 6.54 Å². The summed E-state index contributed by atoms with van der Waals surface area (Å²) in [5, 5.41) is 7.80. The third-order valence-electron chi connectivity index (χ3n) is 3.81. The van der Waals surface area contributed by atoms with Crippen molar-refractivity contribution >= 4 is 0 Å². The van der Waals surface area contributed by atoms with Crippen LogP contribution in [0.3, 0.4) is 0 Å². The van der Waals surface area contributed by atoms with Crippen LogP contribution in [0.2, 0.25) is 0 Å². The zero-order valence-corrected chi connectivity index (χ0v) is 11.7. The van der Waals surface area contributed by atoms with Crippen molar-refractivity contribution in [2.24, 2.45) is 7.05 Å². The number of hydrogen-bond donors (Lipinski definition) is 1. The molecule has 0 amide bonds. The lowest BCUT2D eigenvalue weighted by atomic mass is 9.93. The summed E-state index contributed by atoms with van der Waals surface area (Å²) < 4.78 is 14.9. The zero-order valence-electron chi connectivity index (χ0n) is 11.7. The smallest absolute Gasteiger partial charge is 0.123 e. The number of nitrogens with zero attached hydrogens (tertiary/aromatic N) is 2. The number of benzene rings is 1. The van der Waals surface area contributed by atoms with E-state index in [1.165, 1.54) is 24.0 Å². The number of nitrogens with one attached hydrogen (secondary N) is 1. The van der Waals surface area contributed by atoms with Gasteiger partial charge in [-0.2, -0.15) is 5.10 Å². The molecule has 20 heavy (non-hydrogen) atoms. The van der Waals surface area contributed by atoms with Crippen LogP contribution >= 0.6 is 0 Å². The molecule has 4 heteroatoms. The van der Waals surface area contributed by atoms with Crippen LogP contribution in [0, 0.1) is 5.82 Å². The Kier molecular flexibility index (Phi) is 3.83. The highest BCUT2D eigenvalue weighted by Gasteiger charge is 2.22. The molecule has 0 radical (unpaired) electrons. The Balaban J connectivity index is 1.73. The second-order valence-electron chi connectivity index (χ2n) is 5.66. The Morgan fingerprint density at radius 2 is 2.10 bits per heavy atom. The van der Waals surface area contributed by atoms with Crippen LogP contribution in [0.25, 0.3) is 0 Å². The number of halogens is 1. The molecule has 1 heterocycles. The van der Waals surface area contributed by atoms with E-state index in [0.29, 0.717) is 12.0 Å². The van der Waals surface area contributed by atoms with E-state index in [1.807, 2.05) is 36.3 Å². The van der Waals surface area contributed by atoms with Crippen molar-refractivity contribution in [3.8, 4) is 0 Å². The van der Waals surface area contributed by atoms with E-state index in [2.05, 4.69) is 10.4 Å². The summed E-state index contributed by atoms with van der Waals surface area (Å²) in [7, 11) is 1.93. The van der Waals surface area contributed by atoms with E-state index >= 15 is 0 Å². The van der Waals surface area contributed by atoms with Gasteiger partial charge in [0.2, 0.25) is 0 Å². The van der Waals surface area contributed by atoms with Gasteiger partial charge in [0, 0.05) is 31.7 Å². The topological polar surface area (TPSA) is 29.9 Å². The van der Waals surface area contributed by atoms with Gasteiger partial charge in [0.15, 0.2) is 0 Å². The first-order valence-electron chi connectivity index (χ1n) is 7.17. The van der Waals surface area contributed by atoms with Gasteiger partial charge in [-0.15, -0.1) is 0 Å². The molecule has 1 aromatic heterocycles. The summed E-state index contributed by atoms with van der Waals surface area (Å²) in [6.45, 7) is 0.936. The Bertz CT molecular complexity index is 557. The lowest BCUT2D eigenvalue weighted by Crippen LogP contribution is -2.24. The van der Waals surface area contributed by atoms with E-state index in [4.69, 9.17) is 0 Å². The van der Waals surface area contributed by atoms with E-state index in [1.54, 1.807) is 12.1 Å². The largest absolute Gasteiger partial charge is 0.313 e. The lowest BCUT2D eigenvalue weighted by Gasteiger charge is -2.17. The summed E-state index contributed by atoms with van der Waals surface area (Å²) in [6, 6.07) is 7.56. The Labute approximate surface area is 118 Å². The van der Waals surface area contributed by atoms with Gasteiger partial charge >= 0.3 is 0 Å². The molecule has 1 aliphatic carbocycles. The molecule has 1 atom stereocenters. The number of rotatable bonds is 6. The SMILES string of the molecule is Cn1cc(CC(CNC2CC2)c2ccc(F)cc2)cn1. The van der Waals surface area contributed by atoms with Crippen molar-refractivity contribution < 1.29 is 4.39 Å². The van der Waals surface area contributed by atoms with E-state index in [-0.39, 0.29) is 5.82 Å². The molecule has 2 aromatic rings. The fourth-order valence-corrected chi connectivity index (χ4v) is 2.50. The molecule has 1 aromatic carbocycles. The fourth-order valence-electron chi connectivity index (χ4n) is 2.50. The van der Waals surface area contributed by atoms with Gasteiger partial charge in [-0.1, -0.05) is 12.1 Å². The van der Waals surface area contributed by atoms with Crippen LogP contribution in [0.1, 0.15) is 29.9 Å². The highest BCUT2D eigenvalue weighted by atomic mass is 19.1. The molecule has 0 saturated heterocycles. The van der Waals surface area contributed by atoms with Gasteiger partial charge in [-0.3, -0.25) is 4.68 Å². The van der Waals surface area contributed by atoms with E-state index in [0.717, 1.165) is 13.0 Å². The minimum Gasteiger partial charge on any atom is -0.313 e. The summed E-state index contributed by atoms with van der Waals surface area (Å²) in [5.74, 6) is 0.185. The predicted octanol–water partition coefficient (Wildman–Crippen LogP) is 2.64. The normalized spacial score (nSPS) is 16.3. The summed E-state index contributed by atoms with van der Waals surface area (Å²) >= 11 is 0. The molecule has 0 spiro atoms. The van der Waals surface area contributed by atoms with Crippen molar-refractivity contribution in [2.45, 2.75) is 31.2 Å². The quantitative estimate of drug-likeness (QED) is 0.877. The predicted molar refractivity (Wildman–Crippen MR) is 77.1 cm³/mol. The molecule has 3 nitrogen and oxygen atoms in total. The van der Waals surface area contributed by atoms with Gasteiger partial charge in [-0.25, -0.2) is 4.39 Å². The summed E-state index contributed by atoms with van der Waals surface area (Å²) in [6.07, 6.45) is 7.45. The van der Waals surface area contributed by atoms with Crippen LogP contribution in [0.5, 0.6) is 0 Å². The van der Waals surface area contributed by atoms with Gasteiger partial charge in [-0.05, 0) is 42.5 Å². The maximum Gasteiger partial charge on any atom is 0.123 e. The Hall–Kier alpha value is -1.68. The molecule has 1 N–H and O–H groups in total. The molecule has 0 aliphatic heterocycles. The van der Waals surface area contributed by atoms with Crippen LogP contribution < -0.4 is 5.32 Å². The van der Waals surface area contributed by atoms with Crippen LogP contribution in [-0.2, 0) is 13.5 Å². The molecule has 1 saturated carbocycles. The van der Waals surface area contributed by atoms with Crippen molar-refractivity contribution in [3.05, 3.63) is 53.6 Å². The van der Waals surface area contributed by atoms with E-state index < -0.39 is 0 Å². The maximum absolute atomic E-state index is 13.1. The molecule has 1 unspecified atom stereocenters. The van der Waals surface area contributed by atoms with Crippen molar-refractivity contribution in [1.82, 2.24) is 15.1 Å². The second-order valence-corrected chi connectivity index (χ2v) is 5.66. The first-order valence-corrected chi connectivity index (χ1v) is 7.17. The highest BCUT2D eigenvalue weighted by Crippen LogP contribution is 2.24. The number of aryl methyl sites for hydroxylation is 1. The fraction of sp³-hybridized carbons (Fsp3) is 0.438. The van der Waals surface area contributed by atoms with Crippen LogP contribution in [-0.4, -0.2) is 22.4 Å². The van der Waals surface area contributed by atoms with Crippen LogP contribution in [0.4, 0.5) is 4.39 Å². The third-order valence-corrected chi connectivity index (χ3v) is 3.81. The highest BCUT2D eigenvalue weighted by molar-refractivity contribution is 5.23. The first kappa shape index (κ1) is 13.3. The average molecular weight is 273 g/mol. The van der Waals surface area contributed by atoms with Crippen LogP contribution in [0.15, 0.2) is 36.7 Å². The molecule has 1 aliphatic rings. The van der Waals surface area contributed by atoms with Gasteiger partial charge < -0.3 is 5.32 Å². The first-order chi connectivity index (χ1) is 9.70. The van der Waals surface area contributed by atoms with Crippen molar-refractivity contribution in [1.29, 1.82) is 0 Å². The van der Waals surface area contributed by atoms with Gasteiger partial charge in [0.25, 0.3) is 0 Å². The lowest BCUT2D eigenvalue weighted by molar-refractivity contribution is 0.574. The maximum atomic E-state index is 13.1. The Morgan fingerprint density at radius 3 is 2.70 bits per heavy atom. The standard InChI is InChI=1S/C16H20FN3/c1-20-11-12(9-19-20)8-14(10-18-16-6-7-16)13-2-4-15(17)5-3-13/h2-5,9,11,14,16,18H,6-8,10H2,1H3. The van der Waals surface area contributed by atoms with E-state index in [9.17, 15) is 4.39 Å².